The topological polar surface area (TPSA) is 26.3 Å². The summed E-state index contributed by atoms with van der Waals surface area (Å²) in [6.07, 6.45) is 13.6. The minimum Gasteiger partial charge on any atom is -0.459 e. The zero-order valence-corrected chi connectivity index (χ0v) is 15.1. The van der Waals surface area contributed by atoms with Gasteiger partial charge in [0.25, 0.3) is 0 Å². The van der Waals surface area contributed by atoms with E-state index in [1.807, 2.05) is 30.3 Å². The third-order valence-electron chi connectivity index (χ3n) is 4.27. The fourth-order valence-electron chi connectivity index (χ4n) is 2.88. The summed E-state index contributed by atoms with van der Waals surface area (Å²) in [4.78, 5) is 12.1. The van der Waals surface area contributed by atoms with Crippen LogP contribution in [0.1, 0.15) is 94.8 Å². The second kappa shape index (κ2) is 13.2. The van der Waals surface area contributed by atoms with E-state index in [0.717, 1.165) is 19.3 Å². The fraction of sp³-hybridized carbons (Fsp3) is 0.667. The summed E-state index contributed by atoms with van der Waals surface area (Å²) in [5, 5.41) is 0. The zero-order valence-electron chi connectivity index (χ0n) is 15.1. The number of hydrogen-bond acceptors (Lipinski definition) is 2. The van der Waals surface area contributed by atoms with E-state index in [9.17, 15) is 4.79 Å². The van der Waals surface area contributed by atoms with Crippen molar-refractivity contribution in [3.63, 3.8) is 0 Å². The van der Waals surface area contributed by atoms with E-state index in [2.05, 4.69) is 13.8 Å². The highest BCUT2D eigenvalue weighted by Gasteiger charge is 2.14. The molecule has 1 aromatic rings. The molecule has 0 aliphatic heterocycles. The number of hydrogen-bond donors (Lipinski definition) is 0. The normalized spacial score (nSPS) is 12.1. The van der Waals surface area contributed by atoms with Crippen molar-refractivity contribution in [2.45, 2.75) is 90.6 Å². The molecule has 130 valence electrons. The first-order valence-electron chi connectivity index (χ1n) is 9.54. The van der Waals surface area contributed by atoms with Crippen molar-refractivity contribution >= 4 is 5.97 Å². The minimum atomic E-state index is -0.177. The highest BCUT2D eigenvalue weighted by Crippen LogP contribution is 2.16. The Morgan fingerprint density at radius 1 is 0.826 bits per heavy atom. The standard InChI is InChI=1S/C21H34O2/c1-3-5-6-7-8-9-10-14-18-20(15-4-2)23-21(22)19-16-12-11-13-17-19/h11-13,16-17,20H,3-10,14-15,18H2,1-2H3. The maximum absolute atomic E-state index is 12.1. The van der Waals surface area contributed by atoms with E-state index in [1.54, 1.807) is 0 Å². The van der Waals surface area contributed by atoms with Gasteiger partial charge in [0.05, 0.1) is 5.56 Å². The molecule has 2 heteroatoms. The molecule has 1 unspecified atom stereocenters. The third-order valence-corrected chi connectivity index (χ3v) is 4.27. The molecule has 23 heavy (non-hydrogen) atoms. The Bertz CT molecular complexity index is 400. The lowest BCUT2D eigenvalue weighted by molar-refractivity contribution is 0.0253. The zero-order chi connectivity index (χ0) is 16.8. The van der Waals surface area contributed by atoms with Crippen molar-refractivity contribution in [1.29, 1.82) is 0 Å². The van der Waals surface area contributed by atoms with Gasteiger partial charge in [-0.1, -0.05) is 83.4 Å². The third kappa shape index (κ3) is 9.43. The van der Waals surface area contributed by atoms with Crippen LogP contribution in [0.5, 0.6) is 0 Å². The molecule has 0 amide bonds. The SMILES string of the molecule is CCCCCCCCCCC(CCC)OC(=O)c1ccccc1. The van der Waals surface area contributed by atoms with Crippen LogP contribution >= 0.6 is 0 Å². The second-order valence-corrected chi connectivity index (χ2v) is 6.45. The molecule has 1 rings (SSSR count). The van der Waals surface area contributed by atoms with Crippen molar-refractivity contribution in [3.05, 3.63) is 35.9 Å². The van der Waals surface area contributed by atoms with E-state index >= 15 is 0 Å². The van der Waals surface area contributed by atoms with Gasteiger partial charge in [-0.25, -0.2) is 4.79 Å². The first-order valence-corrected chi connectivity index (χ1v) is 9.54. The molecule has 1 aromatic carbocycles. The van der Waals surface area contributed by atoms with Crippen LogP contribution in [0.25, 0.3) is 0 Å². The van der Waals surface area contributed by atoms with Crippen LogP contribution < -0.4 is 0 Å². The van der Waals surface area contributed by atoms with Gasteiger partial charge < -0.3 is 4.74 Å². The Morgan fingerprint density at radius 2 is 1.43 bits per heavy atom. The summed E-state index contributed by atoms with van der Waals surface area (Å²) >= 11 is 0. The highest BCUT2D eigenvalue weighted by molar-refractivity contribution is 5.89. The number of ether oxygens (including phenoxy) is 1. The number of unbranched alkanes of at least 4 members (excludes halogenated alkanes) is 7. The molecule has 0 saturated carbocycles. The van der Waals surface area contributed by atoms with Crippen LogP contribution in [0.2, 0.25) is 0 Å². The number of carbonyl (C=O) groups excluding carboxylic acids is 1. The quantitative estimate of drug-likeness (QED) is 0.305. The Labute approximate surface area is 142 Å². The maximum Gasteiger partial charge on any atom is 0.338 e. The monoisotopic (exact) mass is 318 g/mol. The van der Waals surface area contributed by atoms with Gasteiger partial charge in [0, 0.05) is 0 Å². The predicted molar refractivity (Wildman–Crippen MR) is 97.8 cm³/mol. The van der Waals surface area contributed by atoms with E-state index in [1.165, 1.54) is 51.4 Å². The van der Waals surface area contributed by atoms with Crippen molar-refractivity contribution < 1.29 is 9.53 Å². The van der Waals surface area contributed by atoms with Gasteiger partial charge >= 0.3 is 5.97 Å². The lowest BCUT2D eigenvalue weighted by atomic mass is 10.0. The minimum absolute atomic E-state index is 0.0767. The second-order valence-electron chi connectivity index (χ2n) is 6.45. The predicted octanol–water partition coefficient (Wildman–Crippen LogP) is 6.54. The molecule has 2 nitrogen and oxygen atoms in total. The van der Waals surface area contributed by atoms with Crippen LogP contribution in [-0.4, -0.2) is 12.1 Å². The largest absolute Gasteiger partial charge is 0.459 e. The van der Waals surface area contributed by atoms with Crippen LogP contribution in [-0.2, 0) is 4.74 Å². The molecule has 0 fully saturated rings. The van der Waals surface area contributed by atoms with Gasteiger partial charge in [-0.15, -0.1) is 0 Å². The average molecular weight is 319 g/mol. The number of carbonyl (C=O) groups is 1. The Hall–Kier alpha value is -1.31. The van der Waals surface area contributed by atoms with Gasteiger partial charge in [-0.2, -0.15) is 0 Å². The average Bonchev–Trinajstić information content (AvgIpc) is 2.58. The molecule has 0 radical (unpaired) electrons. The molecule has 0 saturated heterocycles. The summed E-state index contributed by atoms with van der Waals surface area (Å²) in [6.45, 7) is 4.40. The van der Waals surface area contributed by atoms with Gasteiger partial charge in [-0.3, -0.25) is 0 Å². The maximum atomic E-state index is 12.1. The first kappa shape index (κ1) is 19.7. The van der Waals surface area contributed by atoms with E-state index < -0.39 is 0 Å². The molecule has 0 spiro atoms. The van der Waals surface area contributed by atoms with Crippen LogP contribution in [0, 0.1) is 0 Å². The van der Waals surface area contributed by atoms with E-state index in [4.69, 9.17) is 4.74 Å². The van der Waals surface area contributed by atoms with E-state index in [0.29, 0.717) is 5.56 Å². The Balaban J connectivity index is 2.20. The molecule has 0 aromatic heterocycles. The number of benzene rings is 1. The lowest BCUT2D eigenvalue weighted by Gasteiger charge is -2.17. The summed E-state index contributed by atoms with van der Waals surface area (Å²) in [6, 6.07) is 9.32. The van der Waals surface area contributed by atoms with Gasteiger partial charge in [0.2, 0.25) is 0 Å². The van der Waals surface area contributed by atoms with E-state index in [-0.39, 0.29) is 12.1 Å². The van der Waals surface area contributed by atoms with Crippen molar-refractivity contribution in [3.8, 4) is 0 Å². The molecular formula is C21H34O2. The molecule has 0 bridgehead atoms. The van der Waals surface area contributed by atoms with Crippen molar-refractivity contribution in [2.24, 2.45) is 0 Å². The summed E-state index contributed by atoms with van der Waals surface area (Å²) in [5.41, 5.74) is 0.657. The first-order chi connectivity index (χ1) is 11.3. The smallest absolute Gasteiger partial charge is 0.338 e. The molecule has 0 N–H and O–H groups in total. The highest BCUT2D eigenvalue weighted by atomic mass is 16.5. The lowest BCUT2D eigenvalue weighted by Crippen LogP contribution is -2.18. The Kier molecular flexibility index (Phi) is 11.3. The summed E-state index contributed by atoms with van der Waals surface area (Å²) in [5.74, 6) is -0.177. The van der Waals surface area contributed by atoms with Crippen LogP contribution in [0.3, 0.4) is 0 Å². The number of esters is 1. The van der Waals surface area contributed by atoms with Gasteiger partial charge in [-0.05, 0) is 31.4 Å². The fourth-order valence-corrected chi connectivity index (χ4v) is 2.88. The molecule has 0 aliphatic carbocycles. The van der Waals surface area contributed by atoms with Crippen LogP contribution in [0.4, 0.5) is 0 Å². The van der Waals surface area contributed by atoms with Crippen LogP contribution in [0.15, 0.2) is 30.3 Å². The molecule has 0 aliphatic rings. The van der Waals surface area contributed by atoms with Crippen molar-refractivity contribution in [2.75, 3.05) is 0 Å². The molecule has 1 atom stereocenters. The number of rotatable bonds is 13. The van der Waals surface area contributed by atoms with Gasteiger partial charge in [0.1, 0.15) is 6.10 Å². The molecule has 0 heterocycles. The van der Waals surface area contributed by atoms with Gasteiger partial charge in [0.15, 0.2) is 0 Å². The summed E-state index contributed by atoms with van der Waals surface area (Å²) in [7, 11) is 0. The Morgan fingerprint density at radius 3 is 2.04 bits per heavy atom. The summed E-state index contributed by atoms with van der Waals surface area (Å²) < 4.78 is 5.70. The molecular weight excluding hydrogens is 284 g/mol. The van der Waals surface area contributed by atoms with Crippen molar-refractivity contribution in [1.82, 2.24) is 0 Å².